The zero-order valence-corrected chi connectivity index (χ0v) is 48.6. The monoisotopic (exact) mass is 1280 g/mol. The summed E-state index contributed by atoms with van der Waals surface area (Å²) < 4.78 is 182. The van der Waals surface area contributed by atoms with Gasteiger partial charge < -0.3 is 19.9 Å². The first-order valence-electron chi connectivity index (χ1n) is 23.2. The molecule has 0 aliphatic rings. The molecule has 436 valence electrons. The maximum Gasteiger partial charge on any atom is 0.298 e. The zero-order chi connectivity index (χ0) is 60.7. The van der Waals surface area contributed by atoms with E-state index in [0.29, 0.717) is 10.5 Å². The van der Waals surface area contributed by atoms with Crippen LogP contribution in [0.2, 0.25) is 0 Å². The molecular formula is C46H41N11O19S7. The summed E-state index contributed by atoms with van der Waals surface area (Å²) in [7, 11) is -22.3. The first-order chi connectivity index (χ1) is 38.8. The lowest BCUT2D eigenvalue weighted by Crippen LogP contribution is -2.11. The predicted molar refractivity (Wildman–Crippen MR) is 300 cm³/mol. The number of carbonyl (C=O) groups excluding carboxylic acids is 1. The van der Waals surface area contributed by atoms with Crippen molar-refractivity contribution in [3.63, 3.8) is 0 Å². The minimum Gasteiger partial charge on any atom is -0.494 e. The number of benzene rings is 5. The van der Waals surface area contributed by atoms with Crippen molar-refractivity contribution in [3.8, 4) is 23.4 Å². The Kier molecular flexibility index (Phi) is 17.4. The third-order valence-electron chi connectivity index (χ3n) is 11.7. The summed E-state index contributed by atoms with van der Waals surface area (Å²) in [5.41, 5.74) is -1.44. The van der Waals surface area contributed by atoms with Crippen molar-refractivity contribution < 1.29 is 84.2 Å². The molecule has 0 aliphatic carbocycles. The normalized spacial score (nSPS) is 12.9. The molecule has 0 fully saturated rings. The Morgan fingerprint density at radius 2 is 1.40 bits per heavy atom. The van der Waals surface area contributed by atoms with Gasteiger partial charge in [-0.15, -0.1) is 37.3 Å². The number of nitrogens with one attached hydrogen (secondary N) is 1. The number of hydrogen-bond donors (Lipinski definition) is 7. The van der Waals surface area contributed by atoms with Crippen LogP contribution in [0, 0.1) is 25.2 Å². The number of azo groups is 3. The molecule has 8 rings (SSSR count). The molecule has 3 aromatic heterocycles. The first-order valence-corrected chi connectivity index (χ1v) is 32.6. The fourth-order valence-corrected chi connectivity index (χ4v) is 13.2. The molecule has 1 amide bonds. The third-order valence-corrected chi connectivity index (χ3v) is 18.1. The Bertz CT molecular complexity index is 4770. The minimum absolute atomic E-state index is 0.000279. The molecule has 37 heteroatoms. The number of aromatic hydroxyl groups is 1. The molecule has 0 bridgehead atoms. The lowest BCUT2D eigenvalue weighted by molar-refractivity contribution is -0.114. The number of hydrogen-bond acceptors (Lipinski definition) is 25. The summed E-state index contributed by atoms with van der Waals surface area (Å²) in [5, 5.41) is 50.3. The van der Waals surface area contributed by atoms with Crippen molar-refractivity contribution in [1.29, 1.82) is 5.26 Å². The van der Waals surface area contributed by atoms with Crippen molar-refractivity contribution in [2.75, 3.05) is 36.3 Å². The summed E-state index contributed by atoms with van der Waals surface area (Å²) in [6, 6.07) is 14.3. The van der Waals surface area contributed by atoms with E-state index in [1.165, 1.54) is 50.4 Å². The highest BCUT2D eigenvalue weighted by Crippen LogP contribution is 2.46. The molecule has 0 saturated carbocycles. The summed E-state index contributed by atoms with van der Waals surface area (Å²) in [6.45, 7) is 3.72. The average Bonchev–Trinajstić information content (AvgIpc) is 2.63. The number of nitrogens with zero attached hydrogens (tertiary/aromatic N) is 10. The van der Waals surface area contributed by atoms with E-state index >= 15 is 0 Å². The van der Waals surface area contributed by atoms with Gasteiger partial charge in [0.05, 0.1) is 51.7 Å². The molecule has 0 radical (unpaired) electrons. The van der Waals surface area contributed by atoms with Crippen LogP contribution in [0.1, 0.15) is 36.5 Å². The number of thioether (sulfide) groups is 1. The number of anilines is 1. The van der Waals surface area contributed by atoms with E-state index in [4.69, 9.17) is 9.47 Å². The highest BCUT2D eigenvalue weighted by Gasteiger charge is 2.29. The summed E-state index contributed by atoms with van der Waals surface area (Å²) in [5.74, 6) is -2.70. The van der Waals surface area contributed by atoms with Gasteiger partial charge in [-0.1, -0.05) is 17.4 Å². The number of ether oxygens (including phenoxy) is 2. The molecule has 5 aromatic carbocycles. The van der Waals surface area contributed by atoms with Crippen LogP contribution in [0.15, 0.2) is 111 Å². The highest BCUT2D eigenvalue weighted by atomic mass is 32.2. The molecule has 3 heterocycles. The van der Waals surface area contributed by atoms with E-state index in [-0.39, 0.29) is 119 Å². The summed E-state index contributed by atoms with van der Waals surface area (Å²) in [6.07, 6.45) is -0.274. The second-order valence-electron chi connectivity index (χ2n) is 17.6. The van der Waals surface area contributed by atoms with Gasteiger partial charge in [0, 0.05) is 34.9 Å². The highest BCUT2D eigenvalue weighted by molar-refractivity contribution is 7.99. The molecule has 0 spiro atoms. The van der Waals surface area contributed by atoms with Crippen molar-refractivity contribution in [2.45, 2.75) is 53.2 Å². The zero-order valence-electron chi connectivity index (χ0n) is 42.8. The van der Waals surface area contributed by atoms with Crippen LogP contribution in [0.5, 0.6) is 17.4 Å². The Hall–Kier alpha value is -7.74. The number of rotatable bonds is 21. The maximum absolute atomic E-state index is 12.6. The van der Waals surface area contributed by atoms with Crippen LogP contribution in [0.3, 0.4) is 0 Å². The number of fused-ring (bicyclic) bond motifs is 6. The van der Waals surface area contributed by atoms with Crippen molar-refractivity contribution in [1.82, 2.24) is 14.4 Å². The third kappa shape index (κ3) is 13.9. The molecule has 0 atom stereocenters. The van der Waals surface area contributed by atoms with Gasteiger partial charge in [-0.3, -0.25) is 32.0 Å². The van der Waals surface area contributed by atoms with E-state index < -0.39 is 94.1 Å². The van der Waals surface area contributed by atoms with Gasteiger partial charge in [0.2, 0.25) is 16.9 Å². The lowest BCUT2D eigenvalue weighted by Gasteiger charge is -2.12. The predicted octanol–water partition coefficient (Wildman–Crippen LogP) is 9.42. The van der Waals surface area contributed by atoms with Crippen molar-refractivity contribution in [2.24, 2.45) is 30.7 Å². The molecule has 8 aromatic rings. The molecular weight excluding hydrogens is 1240 g/mol. The Morgan fingerprint density at radius 1 is 0.747 bits per heavy atom. The quantitative estimate of drug-likeness (QED) is 0.0152. The first kappa shape index (κ1) is 61.3. The second kappa shape index (κ2) is 23.5. The van der Waals surface area contributed by atoms with Crippen LogP contribution in [0.25, 0.3) is 37.7 Å². The van der Waals surface area contributed by atoms with Gasteiger partial charge in [0.1, 0.15) is 61.0 Å². The number of nitriles is 1. The van der Waals surface area contributed by atoms with Gasteiger partial charge in [0.25, 0.3) is 50.6 Å². The van der Waals surface area contributed by atoms with Crippen LogP contribution in [-0.4, -0.2) is 121 Å². The Balaban J connectivity index is 1.20. The molecule has 83 heavy (non-hydrogen) atoms. The number of imidazole rings is 1. The van der Waals surface area contributed by atoms with Gasteiger partial charge >= 0.3 is 0 Å². The molecule has 7 N–H and O–H groups in total. The number of thiazole rings is 1. The van der Waals surface area contributed by atoms with Crippen LogP contribution in [-0.2, 0) is 55.4 Å². The van der Waals surface area contributed by atoms with E-state index in [0.717, 1.165) is 58.7 Å². The molecule has 30 nitrogen and oxygen atoms in total. The number of methoxy groups -OCH3 is 1. The van der Waals surface area contributed by atoms with Gasteiger partial charge in [-0.2, -0.15) is 52.5 Å². The fourth-order valence-electron chi connectivity index (χ4n) is 8.09. The topological polar surface area (TPSA) is 468 Å². The van der Waals surface area contributed by atoms with Gasteiger partial charge in [-0.25, -0.2) is 9.97 Å². The number of aryl methyl sites for hydroxylation is 1. The SMILES string of the molecule is COc1cc(N=Nc2cc(OCCCS(=O)(=O)O)c(N=Nc3c(C)c(C#N)c4nc5c(S(=O)(=O)O)c(NC(C)=O)ccc5n4c3O)cc2C)c(SCCCS(=O)(=O)O)cc1N=Nc1nc2c(S(=O)(=O)O)cc3cc(S(=O)(=O)O)ccc3c2s1. The number of carbonyl (C=O) groups is 1. The molecule has 0 saturated heterocycles. The van der Waals surface area contributed by atoms with E-state index in [2.05, 4.69) is 46.0 Å². The molecule has 0 unspecified atom stereocenters. The number of aromatic nitrogens is 3. The van der Waals surface area contributed by atoms with Crippen LogP contribution in [0.4, 0.5) is 39.3 Å². The van der Waals surface area contributed by atoms with E-state index in [9.17, 15) is 80.0 Å². The number of amides is 1. The fraction of sp³-hybridized carbons (Fsp3) is 0.217. The standard InChI is InChI=1S/C46H41N11O19S7/c1-22-15-31(52-55-39-23(2)28(21-47)44-49-40-34(57(44)45(39)59)10-9-29(48-24(3)58)43(40)83(72,73)74)36(76-11-5-13-79(60,61)62)18-30(22)51-54-33-19-35(75-4)32(20-37(33)77-12-6-14-80(63,64)65)53-56-46-50-41-38(82(69,70)71)17-25-16-26(81(66,67)68)7-8-27(25)42(41)78-46/h7-10,15-20,59H,5-6,11-14H2,1-4H3,(H,48,58)(H,60,61,62)(H,63,64,65)(H,66,67,68)(H,69,70,71)(H,72,73,74). The summed E-state index contributed by atoms with van der Waals surface area (Å²) >= 11 is 1.87. The number of pyridine rings is 1. The summed E-state index contributed by atoms with van der Waals surface area (Å²) in [4.78, 5) is 18.7. The van der Waals surface area contributed by atoms with Gasteiger partial charge in [0.15, 0.2) is 11.3 Å². The Morgan fingerprint density at radius 3 is 2.04 bits per heavy atom. The maximum atomic E-state index is 12.6. The van der Waals surface area contributed by atoms with Crippen molar-refractivity contribution in [3.05, 3.63) is 77.4 Å². The minimum atomic E-state index is -5.10. The lowest BCUT2D eigenvalue weighted by atomic mass is 10.1. The van der Waals surface area contributed by atoms with E-state index in [1.807, 2.05) is 6.07 Å². The average molecular weight is 1280 g/mol. The largest absolute Gasteiger partial charge is 0.494 e. The van der Waals surface area contributed by atoms with Crippen LogP contribution >= 0.6 is 23.1 Å². The van der Waals surface area contributed by atoms with Crippen molar-refractivity contribution >= 4 is 157 Å². The molecule has 0 aliphatic heterocycles. The van der Waals surface area contributed by atoms with E-state index in [1.54, 1.807) is 6.92 Å². The van der Waals surface area contributed by atoms with Gasteiger partial charge in [-0.05, 0) is 85.9 Å². The van der Waals surface area contributed by atoms with Crippen LogP contribution < -0.4 is 14.8 Å². The Labute approximate surface area is 478 Å². The second-order valence-corrected chi connectivity index (χ2v) is 27.0. The smallest absolute Gasteiger partial charge is 0.298 e.